The molecule has 0 aromatic rings. The first-order chi connectivity index (χ1) is 31.3. The lowest BCUT2D eigenvalue weighted by atomic mass is 9.34. The fourth-order valence-corrected chi connectivity index (χ4v) is 14.9. The van der Waals surface area contributed by atoms with Gasteiger partial charge in [0.25, 0.3) is 0 Å². The highest BCUT2D eigenvalue weighted by atomic mass is 16.8. The minimum atomic E-state index is -1.86. The van der Waals surface area contributed by atoms with Crippen molar-refractivity contribution in [3.63, 3.8) is 0 Å². The van der Waals surface area contributed by atoms with E-state index in [0.717, 1.165) is 5.57 Å². The van der Waals surface area contributed by atoms with Gasteiger partial charge in [-0.3, -0.25) is 0 Å². The first-order valence-corrected chi connectivity index (χ1v) is 24.5. The molecule has 19 heteroatoms. The average Bonchev–Trinajstić information content (AvgIpc) is 3.66. The molecule has 0 aromatic carbocycles. The monoisotopic (exact) mass is 963 g/mol. The van der Waals surface area contributed by atoms with E-state index in [1.807, 2.05) is 34.6 Å². The summed E-state index contributed by atoms with van der Waals surface area (Å²) in [5.74, 6) is -1.22. The predicted octanol–water partition coefficient (Wildman–Crippen LogP) is -1.06. The average molecular weight is 963 g/mol. The maximum atomic E-state index is 12.7. The smallest absolute Gasteiger partial charge is 0.187 e. The van der Waals surface area contributed by atoms with Crippen molar-refractivity contribution in [2.24, 2.45) is 45.3 Å². The van der Waals surface area contributed by atoms with Crippen molar-refractivity contribution in [2.75, 3.05) is 19.8 Å². The molecular formula is C48H82O19. The van der Waals surface area contributed by atoms with E-state index < -0.39 is 163 Å². The van der Waals surface area contributed by atoms with Crippen LogP contribution in [0.2, 0.25) is 0 Å². The van der Waals surface area contributed by atoms with E-state index in [-0.39, 0.29) is 17.8 Å². The highest BCUT2D eigenvalue weighted by Gasteiger charge is 2.74. The standard InChI is InChI=1S/C48H82O19/c1-21(2)10-9-13-48(8,67-42-38(61)35(58)32(55)26(19-50)64-42)22-11-15-46(6)30(22)23(52)16-28-45(5)14-12-29(53)44(3,4)40(45)24(17-47(28,46)7)62-43-39(36(59)33(56)27(20-51)65-43)66-41-37(60)34(57)31(54)25(18-49)63-41/h10,22-43,49-61H,9,11-20H2,1-8H3/t22-,23+,24-,25+,26+,27+,28+,29-,30+,31+,32+,33+,34-,35-,36-,37+,38+,39-,40-,41-,42-,43+,45+,46+,47+,48-/m0/s1. The van der Waals surface area contributed by atoms with Gasteiger partial charge in [-0.25, -0.2) is 0 Å². The van der Waals surface area contributed by atoms with E-state index >= 15 is 0 Å². The fourth-order valence-electron chi connectivity index (χ4n) is 14.9. The Labute approximate surface area is 393 Å². The third-order valence-electron chi connectivity index (χ3n) is 18.7. The Morgan fingerprint density at radius 3 is 1.75 bits per heavy atom. The van der Waals surface area contributed by atoms with Crippen molar-refractivity contribution in [3.05, 3.63) is 11.6 Å². The van der Waals surface area contributed by atoms with Crippen LogP contribution in [0.15, 0.2) is 11.6 Å². The Balaban J connectivity index is 1.27. The molecule has 7 aliphatic rings. The number of rotatable bonds is 13. The third-order valence-corrected chi connectivity index (χ3v) is 18.7. The molecule has 0 aromatic heterocycles. The van der Waals surface area contributed by atoms with Crippen LogP contribution in [0.4, 0.5) is 0 Å². The largest absolute Gasteiger partial charge is 0.394 e. The van der Waals surface area contributed by atoms with E-state index in [0.29, 0.717) is 51.4 Å². The van der Waals surface area contributed by atoms with Crippen LogP contribution in [0.5, 0.6) is 0 Å². The maximum Gasteiger partial charge on any atom is 0.187 e. The number of ether oxygens (including phenoxy) is 6. The van der Waals surface area contributed by atoms with Crippen molar-refractivity contribution >= 4 is 0 Å². The van der Waals surface area contributed by atoms with Crippen LogP contribution in [-0.4, -0.2) is 202 Å². The van der Waals surface area contributed by atoms with Crippen LogP contribution in [-0.2, 0) is 28.4 Å². The molecule has 19 nitrogen and oxygen atoms in total. The summed E-state index contributed by atoms with van der Waals surface area (Å²) in [6.45, 7) is 14.4. The molecule has 26 atom stereocenters. The van der Waals surface area contributed by atoms with E-state index in [1.54, 1.807) is 0 Å². The molecular weight excluding hydrogens is 881 g/mol. The number of aliphatic hydroxyl groups is 13. The van der Waals surface area contributed by atoms with Crippen molar-refractivity contribution in [2.45, 2.75) is 223 Å². The SMILES string of the molecule is CC(C)=CCC[C@](C)(O[C@@H]1O[C@H](CO)[C@@H](O)[C@H](O)[C@H]1O)[C@H]1CC[C@]2(C)[C@H]1[C@H](O)C[C@@H]1[C@@]3(C)CC[C@H](O)C(C)(C)[C@@H]3[C@@H](O[C@@H]3O[C@H](CO)[C@@H](O)[C@H](O)[C@@H]3O[C@@H]3O[C@H](CO)[C@@H](O)[C@H](O)[C@H]3O)C[C@]12C. The zero-order valence-electron chi connectivity index (χ0n) is 40.3. The summed E-state index contributed by atoms with van der Waals surface area (Å²) in [4.78, 5) is 0. The Morgan fingerprint density at radius 1 is 0.642 bits per heavy atom. The summed E-state index contributed by atoms with van der Waals surface area (Å²) in [6, 6.07) is 0. The molecule has 0 spiro atoms. The van der Waals surface area contributed by atoms with Gasteiger partial charge in [0.2, 0.25) is 0 Å². The Hall–Kier alpha value is -1.02. The molecule has 388 valence electrons. The van der Waals surface area contributed by atoms with E-state index in [9.17, 15) is 66.4 Å². The van der Waals surface area contributed by atoms with Crippen LogP contribution in [0.3, 0.4) is 0 Å². The molecule has 7 rings (SSSR count). The second-order valence-electron chi connectivity index (χ2n) is 23.1. The third kappa shape index (κ3) is 9.03. The zero-order valence-corrected chi connectivity index (χ0v) is 40.3. The predicted molar refractivity (Wildman–Crippen MR) is 235 cm³/mol. The lowest BCUT2D eigenvalue weighted by Gasteiger charge is -2.72. The second-order valence-corrected chi connectivity index (χ2v) is 23.1. The topological polar surface area (TPSA) is 318 Å². The fraction of sp³-hybridized carbons (Fsp3) is 0.958. The summed E-state index contributed by atoms with van der Waals surface area (Å²) in [6.07, 6.45) is -20.0. The molecule has 3 saturated heterocycles. The zero-order chi connectivity index (χ0) is 49.5. The van der Waals surface area contributed by atoms with Crippen molar-refractivity contribution < 1.29 is 94.8 Å². The molecule has 4 saturated carbocycles. The molecule has 0 amide bonds. The summed E-state index contributed by atoms with van der Waals surface area (Å²) in [7, 11) is 0. The van der Waals surface area contributed by atoms with Gasteiger partial charge in [-0.1, -0.05) is 46.3 Å². The van der Waals surface area contributed by atoms with Crippen LogP contribution in [0.1, 0.15) is 107 Å². The van der Waals surface area contributed by atoms with Gasteiger partial charge in [-0.2, -0.15) is 0 Å². The molecule has 0 radical (unpaired) electrons. The molecule has 3 heterocycles. The Bertz CT molecular complexity index is 1710. The van der Waals surface area contributed by atoms with Gasteiger partial charge in [0.1, 0.15) is 73.2 Å². The normalized spacial score (nSPS) is 52.9. The molecule has 4 aliphatic carbocycles. The van der Waals surface area contributed by atoms with Crippen LogP contribution >= 0.6 is 0 Å². The highest BCUT2D eigenvalue weighted by molar-refractivity contribution is 5.22. The molecule has 7 fully saturated rings. The van der Waals surface area contributed by atoms with Crippen molar-refractivity contribution in [3.8, 4) is 0 Å². The number of hydrogen-bond acceptors (Lipinski definition) is 19. The summed E-state index contributed by atoms with van der Waals surface area (Å²) < 4.78 is 37.9. The molecule has 13 N–H and O–H groups in total. The summed E-state index contributed by atoms with van der Waals surface area (Å²) in [5.41, 5.74) is -2.56. The number of hydrogen-bond donors (Lipinski definition) is 13. The van der Waals surface area contributed by atoms with Gasteiger partial charge < -0.3 is 94.8 Å². The minimum absolute atomic E-state index is 0.110. The molecule has 3 aliphatic heterocycles. The lowest BCUT2D eigenvalue weighted by molar-refractivity contribution is -0.383. The first-order valence-electron chi connectivity index (χ1n) is 24.5. The van der Waals surface area contributed by atoms with Gasteiger partial charge >= 0.3 is 0 Å². The van der Waals surface area contributed by atoms with Crippen molar-refractivity contribution in [1.29, 1.82) is 0 Å². The van der Waals surface area contributed by atoms with Gasteiger partial charge in [-0.05, 0) is 117 Å². The van der Waals surface area contributed by atoms with Crippen LogP contribution < -0.4 is 0 Å². The Kier molecular flexibility index (Phi) is 15.9. The van der Waals surface area contributed by atoms with Crippen LogP contribution in [0.25, 0.3) is 0 Å². The minimum Gasteiger partial charge on any atom is -0.394 e. The quantitative estimate of drug-likeness (QED) is 0.0773. The number of allylic oxidation sites excluding steroid dienone is 2. The highest BCUT2D eigenvalue weighted by Crippen LogP contribution is 2.76. The van der Waals surface area contributed by atoms with Crippen molar-refractivity contribution in [1.82, 2.24) is 0 Å². The molecule has 0 bridgehead atoms. The number of fused-ring (bicyclic) bond motifs is 5. The van der Waals surface area contributed by atoms with Gasteiger partial charge in [-0.15, -0.1) is 0 Å². The van der Waals surface area contributed by atoms with E-state index in [1.165, 1.54) is 0 Å². The molecule has 0 unspecified atom stereocenters. The van der Waals surface area contributed by atoms with E-state index in [4.69, 9.17) is 28.4 Å². The summed E-state index contributed by atoms with van der Waals surface area (Å²) >= 11 is 0. The lowest BCUT2D eigenvalue weighted by Crippen LogP contribution is -2.71. The van der Waals surface area contributed by atoms with Gasteiger partial charge in [0.15, 0.2) is 18.9 Å². The number of aliphatic hydroxyl groups excluding tert-OH is 13. The molecule has 67 heavy (non-hydrogen) atoms. The second kappa shape index (κ2) is 19.8. The van der Waals surface area contributed by atoms with Gasteiger partial charge in [0, 0.05) is 0 Å². The Morgan fingerprint density at radius 2 is 1.18 bits per heavy atom. The maximum absolute atomic E-state index is 12.7. The van der Waals surface area contributed by atoms with Crippen LogP contribution in [0, 0.1) is 45.3 Å². The van der Waals surface area contributed by atoms with E-state index in [2.05, 4.69) is 26.8 Å². The summed E-state index contributed by atoms with van der Waals surface area (Å²) in [5, 5.41) is 142. The van der Waals surface area contributed by atoms with Gasteiger partial charge in [0.05, 0.1) is 43.7 Å². The first kappa shape index (κ1) is 53.8.